The van der Waals surface area contributed by atoms with Crippen LogP contribution >= 0.6 is 0 Å². The molecule has 1 aromatic heterocycles. The quantitative estimate of drug-likeness (QED) is 0.692. The van der Waals surface area contributed by atoms with Gasteiger partial charge >= 0.3 is 11.9 Å². The molecule has 0 fully saturated rings. The smallest absolute Gasteiger partial charge is 0.268 e. The first kappa shape index (κ1) is 15.1. The number of hydrogen-bond donors (Lipinski definition) is 0. The van der Waals surface area contributed by atoms with Crippen LogP contribution in [-0.2, 0) is 13.2 Å². The second-order valence-corrected chi connectivity index (χ2v) is 5.05. The molecule has 0 atom stereocenters. The molecule has 0 bridgehead atoms. The minimum absolute atomic E-state index is 0.0524. The Morgan fingerprint density at radius 1 is 0.957 bits per heavy atom. The van der Waals surface area contributed by atoms with Crippen LogP contribution in [0.5, 0.6) is 0 Å². The molecule has 2 aromatic carbocycles. The van der Waals surface area contributed by atoms with Crippen molar-refractivity contribution in [3.63, 3.8) is 0 Å². The first-order valence-electron chi connectivity index (χ1n) is 6.69. The molecule has 1 heterocycles. The van der Waals surface area contributed by atoms with Gasteiger partial charge in [0.05, 0.1) is 22.2 Å². The van der Waals surface area contributed by atoms with Crippen molar-refractivity contribution in [3.05, 3.63) is 74.9 Å². The van der Waals surface area contributed by atoms with Gasteiger partial charge in [0.2, 0.25) is 0 Å². The Labute approximate surface area is 128 Å². The van der Waals surface area contributed by atoms with Gasteiger partial charge in [-0.05, 0) is 30.3 Å². The summed E-state index contributed by atoms with van der Waals surface area (Å²) in [6.45, 7) is 0. The van der Waals surface area contributed by atoms with Crippen LogP contribution in [-0.4, -0.2) is 9.13 Å². The number of aromatic nitrogens is 2. The molecule has 0 radical (unpaired) electrons. The van der Waals surface area contributed by atoms with E-state index in [-0.39, 0.29) is 16.6 Å². The van der Waals surface area contributed by atoms with Crippen LogP contribution < -0.4 is 11.2 Å². The Kier molecular flexibility index (Phi) is 3.35. The van der Waals surface area contributed by atoms with Gasteiger partial charge < -0.3 is 0 Å². The molecule has 0 aliphatic rings. The second-order valence-electron chi connectivity index (χ2n) is 5.05. The monoisotopic (exact) mass is 320 g/mol. The van der Waals surface area contributed by atoms with E-state index in [4.69, 9.17) is 0 Å². The number of nitrogens with zero attached hydrogens (tertiary/aromatic N) is 2. The third-order valence-corrected chi connectivity index (χ3v) is 3.59. The molecule has 23 heavy (non-hydrogen) atoms. The lowest BCUT2D eigenvalue weighted by Crippen LogP contribution is -2.37. The topological polar surface area (TPSA) is 44.0 Å². The molecule has 0 spiro atoms. The third-order valence-electron chi connectivity index (χ3n) is 3.59. The van der Waals surface area contributed by atoms with Crippen LogP contribution in [0.1, 0.15) is 5.56 Å². The van der Waals surface area contributed by atoms with E-state index in [2.05, 4.69) is 0 Å². The molecule has 0 saturated heterocycles. The van der Waals surface area contributed by atoms with Crippen molar-refractivity contribution >= 4 is 10.9 Å². The van der Waals surface area contributed by atoms with Crippen molar-refractivity contribution in [2.75, 3.05) is 0 Å². The van der Waals surface area contributed by atoms with E-state index in [1.807, 2.05) is 0 Å². The van der Waals surface area contributed by atoms with Crippen LogP contribution in [0.2, 0.25) is 0 Å². The van der Waals surface area contributed by atoms with Crippen LogP contribution in [0.25, 0.3) is 16.6 Å². The zero-order valence-electron chi connectivity index (χ0n) is 12.0. The fraction of sp³-hybridized carbons (Fsp3) is 0.125. The SMILES string of the molecule is Cn1c(=O)c2ccccc2n(-c2cccc(C(F)(F)F)c2)c1=O. The Hall–Kier alpha value is -2.83. The Morgan fingerprint density at radius 3 is 2.35 bits per heavy atom. The van der Waals surface area contributed by atoms with Gasteiger partial charge in [0, 0.05) is 7.05 Å². The lowest BCUT2D eigenvalue weighted by atomic mass is 10.1. The summed E-state index contributed by atoms with van der Waals surface area (Å²) in [6, 6.07) is 10.7. The molecule has 0 amide bonds. The molecule has 0 saturated carbocycles. The highest BCUT2D eigenvalue weighted by atomic mass is 19.4. The van der Waals surface area contributed by atoms with Crippen molar-refractivity contribution in [2.24, 2.45) is 7.05 Å². The molecule has 4 nitrogen and oxygen atoms in total. The predicted molar refractivity (Wildman–Crippen MR) is 79.8 cm³/mol. The number of halogens is 3. The first-order valence-corrected chi connectivity index (χ1v) is 6.69. The Morgan fingerprint density at radius 2 is 1.65 bits per heavy atom. The van der Waals surface area contributed by atoms with Gasteiger partial charge in [0.15, 0.2) is 0 Å². The standard InChI is InChI=1S/C16H11F3N2O2/c1-20-14(22)12-7-2-3-8-13(12)21(15(20)23)11-6-4-5-10(9-11)16(17,18)19/h2-9H,1H3. The van der Waals surface area contributed by atoms with E-state index in [1.165, 1.54) is 31.3 Å². The molecule has 7 heteroatoms. The maximum absolute atomic E-state index is 12.9. The largest absolute Gasteiger partial charge is 0.416 e. The lowest BCUT2D eigenvalue weighted by Gasteiger charge is -2.14. The maximum Gasteiger partial charge on any atom is 0.416 e. The molecule has 0 aliphatic heterocycles. The van der Waals surface area contributed by atoms with Crippen molar-refractivity contribution in [1.82, 2.24) is 9.13 Å². The van der Waals surface area contributed by atoms with Crippen molar-refractivity contribution < 1.29 is 13.2 Å². The molecule has 3 rings (SSSR count). The molecule has 0 aliphatic carbocycles. The highest BCUT2D eigenvalue weighted by molar-refractivity contribution is 5.79. The lowest BCUT2D eigenvalue weighted by molar-refractivity contribution is -0.137. The molecular weight excluding hydrogens is 309 g/mol. The van der Waals surface area contributed by atoms with Gasteiger partial charge in [-0.2, -0.15) is 13.2 Å². The summed E-state index contributed by atoms with van der Waals surface area (Å²) in [5, 5.41) is 0.256. The van der Waals surface area contributed by atoms with E-state index < -0.39 is 23.0 Å². The number of fused-ring (bicyclic) bond motifs is 1. The van der Waals surface area contributed by atoms with E-state index in [0.29, 0.717) is 0 Å². The summed E-state index contributed by atoms with van der Waals surface area (Å²) in [4.78, 5) is 24.5. The summed E-state index contributed by atoms with van der Waals surface area (Å²) < 4.78 is 40.7. The molecule has 118 valence electrons. The van der Waals surface area contributed by atoms with Gasteiger partial charge in [-0.25, -0.2) is 4.79 Å². The summed E-state index contributed by atoms with van der Waals surface area (Å²) in [5.41, 5.74) is -1.74. The van der Waals surface area contributed by atoms with Gasteiger partial charge in [-0.3, -0.25) is 13.9 Å². The first-order chi connectivity index (χ1) is 10.8. The summed E-state index contributed by atoms with van der Waals surface area (Å²) >= 11 is 0. The van der Waals surface area contributed by atoms with Gasteiger partial charge in [-0.1, -0.05) is 18.2 Å². The molecule has 0 unspecified atom stereocenters. The predicted octanol–water partition coefficient (Wildman–Crippen LogP) is 2.71. The van der Waals surface area contributed by atoms with E-state index in [0.717, 1.165) is 21.3 Å². The van der Waals surface area contributed by atoms with Crippen LogP contribution in [0.3, 0.4) is 0 Å². The van der Waals surface area contributed by atoms with Crippen LogP contribution in [0.15, 0.2) is 58.1 Å². The number of hydrogen-bond acceptors (Lipinski definition) is 2. The van der Waals surface area contributed by atoms with Gasteiger partial charge in [-0.15, -0.1) is 0 Å². The summed E-state index contributed by atoms with van der Waals surface area (Å²) in [6.07, 6.45) is -4.52. The van der Waals surface area contributed by atoms with Crippen LogP contribution in [0, 0.1) is 0 Å². The second kappa shape index (κ2) is 5.12. The zero-order valence-corrected chi connectivity index (χ0v) is 12.0. The van der Waals surface area contributed by atoms with Gasteiger partial charge in [0.1, 0.15) is 0 Å². The normalized spacial score (nSPS) is 11.8. The molecular formula is C16H11F3N2O2. The fourth-order valence-electron chi connectivity index (χ4n) is 2.44. The number of alkyl halides is 3. The van der Waals surface area contributed by atoms with E-state index >= 15 is 0 Å². The molecule has 0 N–H and O–H groups in total. The van der Waals surface area contributed by atoms with Crippen LogP contribution in [0.4, 0.5) is 13.2 Å². The fourth-order valence-corrected chi connectivity index (χ4v) is 2.44. The highest BCUT2D eigenvalue weighted by Crippen LogP contribution is 2.30. The van der Waals surface area contributed by atoms with E-state index in [1.54, 1.807) is 12.1 Å². The van der Waals surface area contributed by atoms with E-state index in [9.17, 15) is 22.8 Å². The summed E-state index contributed by atoms with van der Waals surface area (Å²) in [7, 11) is 1.29. The number of benzene rings is 2. The highest BCUT2D eigenvalue weighted by Gasteiger charge is 2.30. The average Bonchev–Trinajstić information content (AvgIpc) is 2.52. The maximum atomic E-state index is 12.9. The number of rotatable bonds is 1. The average molecular weight is 320 g/mol. The zero-order chi connectivity index (χ0) is 16.8. The van der Waals surface area contributed by atoms with Crippen molar-refractivity contribution in [3.8, 4) is 5.69 Å². The summed E-state index contributed by atoms with van der Waals surface area (Å²) in [5.74, 6) is 0. The minimum atomic E-state index is -4.52. The van der Waals surface area contributed by atoms with Crippen molar-refractivity contribution in [2.45, 2.75) is 6.18 Å². The van der Waals surface area contributed by atoms with Crippen molar-refractivity contribution in [1.29, 1.82) is 0 Å². The molecule has 3 aromatic rings. The minimum Gasteiger partial charge on any atom is -0.268 e. The third kappa shape index (κ3) is 2.44. The number of para-hydroxylation sites is 1. The Bertz CT molecular complexity index is 1020. The van der Waals surface area contributed by atoms with Gasteiger partial charge in [0.25, 0.3) is 5.56 Å². The Balaban J connectivity index is 2.42.